The highest BCUT2D eigenvalue weighted by atomic mass is 16.5. The molecule has 0 radical (unpaired) electrons. The van der Waals surface area contributed by atoms with Gasteiger partial charge in [-0.1, -0.05) is 12.1 Å². The van der Waals surface area contributed by atoms with Gasteiger partial charge in [-0.2, -0.15) is 0 Å². The molecule has 6 heteroatoms. The van der Waals surface area contributed by atoms with Gasteiger partial charge in [0, 0.05) is 7.05 Å². The van der Waals surface area contributed by atoms with Gasteiger partial charge in [0.1, 0.15) is 18.0 Å². The molecule has 0 aliphatic rings. The Bertz CT molecular complexity index is 428. The molecular weight excluding hydrogens is 224 g/mol. The monoisotopic (exact) mass is 236 g/mol. The van der Waals surface area contributed by atoms with Gasteiger partial charge in [-0.05, 0) is 17.7 Å². The van der Waals surface area contributed by atoms with Gasteiger partial charge in [-0.25, -0.2) is 4.79 Å². The number of primary amides is 1. The van der Waals surface area contributed by atoms with E-state index in [0.717, 1.165) is 0 Å². The van der Waals surface area contributed by atoms with E-state index in [4.69, 9.17) is 10.5 Å². The van der Waals surface area contributed by atoms with Gasteiger partial charge >= 0.3 is 6.09 Å². The highest BCUT2D eigenvalue weighted by molar-refractivity contribution is 5.96. The summed E-state index contributed by atoms with van der Waals surface area (Å²) in [5, 5.41) is 2.29. The Morgan fingerprint density at radius 3 is 2.35 bits per heavy atom. The van der Waals surface area contributed by atoms with Crippen molar-refractivity contribution in [3.63, 3.8) is 0 Å². The minimum absolute atomic E-state index is 0.308. The molecule has 1 aromatic carbocycles. The van der Waals surface area contributed by atoms with Crippen molar-refractivity contribution in [2.45, 2.75) is 5.92 Å². The van der Waals surface area contributed by atoms with Crippen molar-refractivity contribution in [2.24, 2.45) is 5.73 Å². The molecule has 0 fully saturated rings. The Hall–Kier alpha value is -2.37. The third kappa shape index (κ3) is 3.30. The molecule has 90 valence electrons. The lowest BCUT2D eigenvalue weighted by molar-refractivity contribution is -0.123. The number of carbonyl (C=O) groups excluding carboxylic acids is 3. The van der Waals surface area contributed by atoms with Crippen LogP contribution in [0.4, 0.5) is 4.79 Å². The number of hydrogen-bond acceptors (Lipinski definition) is 4. The smallest absolute Gasteiger partial charge is 0.410 e. The Morgan fingerprint density at radius 2 is 1.94 bits per heavy atom. The molecule has 0 bridgehead atoms. The van der Waals surface area contributed by atoms with Crippen LogP contribution in [0.1, 0.15) is 11.5 Å². The fraction of sp³-hybridized carbons (Fsp3) is 0.182. The van der Waals surface area contributed by atoms with Crippen LogP contribution in [0.25, 0.3) is 0 Å². The van der Waals surface area contributed by atoms with Crippen molar-refractivity contribution in [3.05, 3.63) is 29.8 Å². The molecule has 0 aliphatic carbocycles. The minimum atomic E-state index is -0.982. The number of benzene rings is 1. The summed E-state index contributed by atoms with van der Waals surface area (Å²) < 4.78 is 4.84. The largest absolute Gasteiger partial charge is 0.412 e. The van der Waals surface area contributed by atoms with Gasteiger partial charge in [0.25, 0.3) is 0 Å². The zero-order valence-corrected chi connectivity index (χ0v) is 9.17. The zero-order chi connectivity index (χ0) is 12.8. The molecule has 1 unspecified atom stereocenters. The van der Waals surface area contributed by atoms with Crippen LogP contribution in [-0.4, -0.2) is 25.3 Å². The Labute approximate surface area is 97.7 Å². The van der Waals surface area contributed by atoms with E-state index in [1.165, 1.54) is 31.3 Å². The number of nitrogens with one attached hydrogen (secondary N) is 1. The van der Waals surface area contributed by atoms with Crippen LogP contribution < -0.4 is 15.8 Å². The molecule has 1 rings (SSSR count). The average Bonchev–Trinajstić information content (AvgIpc) is 2.31. The highest BCUT2D eigenvalue weighted by Crippen LogP contribution is 2.18. The molecule has 2 amide bonds. The predicted octanol–water partition coefficient (Wildman–Crippen LogP) is 0.173. The third-order valence-corrected chi connectivity index (χ3v) is 2.10. The normalized spacial score (nSPS) is 11.4. The molecule has 0 heterocycles. The molecule has 0 aromatic heterocycles. The van der Waals surface area contributed by atoms with Crippen LogP contribution in [0.5, 0.6) is 5.75 Å². The molecule has 6 nitrogen and oxygen atoms in total. The maximum Gasteiger partial charge on any atom is 0.412 e. The van der Waals surface area contributed by atoms with Crippen molar-refractivity contribution >= 4 is 18.3 Å². The maximum absolute atomic E-state index is 10.9. The molecule has 0 aliphatic heterocycles. The molecule has 3 N–H and O–H groups in total. The van der Waals surface area contributed by atoms with Gasteiger partial charge < -0.3 is 20.6 Å². The van der Waals surface area contributed by atoms with Crippen LogP contribution in [0.15, 0.2) is 24.3 Å². The van der Waals surface area contributed by atoms with E-state index in [0.29, 0.717) is 17.6 Å². The number of ether oxygens (including phenoxy) is 1. The molecule has 1 aromatic rings. The lowest BCUT2D eigenvalue weighted by Crippen LogP contribution is -2.23. The van der Waals surface area contributed by atoms with Gasteiger partial charge in [0.05, 0.1) is 0 Å². The van der Waals surface area contributed by atoms with Crippen LogP contribution in [0.2, 0.25) is 0 Å². The van der Waals surface area contributed by atoms with Gasteiger partial charge in [-0.3, -0.25) is 4.79 Å². The third-order valence-electron chi connectivity index (χ3n) is 2.10. The molecule has 0 saturated heterocycles. The Kier molecular flexibility index (Phi) is 4.21. The summed E-state index contributed by atoms with van der Waals surface area (Å²) in [7, 11) is 1.44. The van der Waals surface area contributed by atoms with E-state index in [9.17, 15) is 14.4 Å². The quantitative estimate of drug-likeness (QED) is 0.575. The fourth-order valence-corrected chi connectivity index (χ4v) is 1.21. The molecule has 17 heavy (non-hydrogen) atoms. The van der Waals surface area contributed by atoms with Crippen LogP contribution in [0.3, 0.4) is 0 Å². The highest BCUT2D eigenvalue weighted by Gasteiger charge is 2.16. The molecule has 0 spiro atoms. The summed E-state index contributed by atoms with van der Waals surface area (Å²) in [6.45, 7) is 0. The summed E-state index contributed by atoms with van der Waals surface area (Å²) >= 11 is 0. The number of amides is 2. The second-order valence-corrected chi connectivity index (χ2v) is 3.22. The molecule has 0 saturated carbocycles. The van der Waals surface area contributed by atoms with Gasteiger partial charge in [0.2, 0.25) is 5.91 Å². The van der Waals surface area contributed by atoms with E-state index in [2.05, 4.69) is 5.32 Å². The Morgan fingerprint density at radius 1 is 1.35 bits per heavy atom. The standard InChI is InChI=1S/C11H12N2O4/c1-13-11(16)17-8-4-2-7(3-5-8)9(6-14)10(12)15/h2-6,9H,1H3,(H2,12,15)(H,13,16). The van der Waals surface area contributed by atoms with Crippen LogP contribution in [-0.2, 0) is 9.59 Å². The number of nitrogens with two attached hydrogens (primary N) is 1. The first-order valence-electron chi connectivity index (χ1n) is 4.82. The Balaban J connectivity index is 2.83. The summed E-state index contributed by atoms with van der Waals surface area (Å²) in [5.41, 5.74) is 5.51. The average molecular weight is 236 g/mol. The van der Waals surface area contributed by atoms with E-state index in [1.54, 1.807) is 0 Å². The summed E-state index contributed by atoms with van der Waals surface area (Å²) in [4.78, 5) is 32.5. The van der Waals surface area contributed by atoms with Gasteiger partial charge in [-0.15, -0.1) is 0 Å². The first-order valence-corrected chi connectivity index (χ1v) is 4.82. The second-order valence-electron chi connectivity index (χ2n) is 3.22. The topological polar surface area (TPSA) is 98.5 Å². The maximum atomic E-state index is 10.9. The van der Waals surface area contributed by atoms with E-state index in [1.807, 2.05) is 0 Å². The lowest BCUT2D eigenvalue weighted by atomic mass is 10.0. The number of aldehydes is 1. The number of rotatable bonds is 4. The minimum Gasteiger partial charge on any atom is -0.410 e. The van der Waals surface area contributed by atoms with Crippen molar-refractivity contribution in [2.75, 3.05) is 7.05 Å². The lowest BCUT2D eigenvalue weighted by Gasteiger charge is -2.07. The molecular formula is C11H12N2O4. The first-order chi connectivity index (χ1) is 8.08. The second kappa shape index (κ2) is 5.64. The summed E-state index contributed by atoms with van der Waals surface area (Å²) in [5.74, 6) is -1.40. The van der Waals surface area contributed by atoms with Crippen LogP contribution in [0, 0.1) is 0 Å². The zero-order valence-electron chi connectivity index (χ0n) is 9.17. The van der Waals surface area contributed by atoms with Gasteiger partial charge in [0.15, 0.2) is 0 Å². The predicted molar refractivity (Wildman–Crippen MR) is 59.5 cm³/mol. The first kappa shape index (κ1) is 12.7. The van der Waals surface area contributed by atoms with Crippen molar-refractivity contribution in [1.82, 2.24) is 5.32 Å². The van der Waals surface area contributed by atoms with Crippen molar-refractivity contribution in [3.8, 4) is 5.75 Å². The summed E-state index contributed by atoms with van der Waals surface area (Å²) in [6.07, 6.45) is -0.128. The van der Waals surface area contributed by atoms with Crippen molar-refractivity contribution in [1.29, 1.82) is 0 Å². The van der Waals surface area contributed by atoms with Crippen molar-refractivity contribution < 1.29 is 19.1 Å². The number of hydrogen-bond donors (Lipinski definition) is 2. The van der Waals surface area contributed by atoms with Crippen LogP contribution >= 0.6 is 0 Å². The van der Waals surface area contributed by atoms with E-state index >= 15 is 0 Å². The summed E-state index contributed by atoms with van der Waals surface area (Å²) in [6, 6.07) is 5.96. The SMILES string of the molecule is CNC(=O)Oc1ccc(C(C=O)C(N)=O)cc1. The number of carbonyl (C=O) groups is 3. The van der Waals surface area contributed by atoms with E-state index in [-0.39, 0.29) is 0 Å². The molecule has 1 atom stereocenters. The fourth-order valence-electron chi connectivity index (χ4n) is 1.21. The van der Waals surface area contributed by atoms with E-state index < -0.39 is 17.9 Å².